The van der Waals surface area contributed by atoms with E-state index in [9.17, 15) is 5.26 Å². The normalized spacial score (nSPS) is 45.9. The van der Waals surface area contributed by atoms with Gasteiger partial charge in [-0.05, 0) is 105 Å². The number of nitriles is 1. The van der Waals surface area contributed by atoms with E-state index >= 15 is 0 Å². The highest BCUT2D eigenvalue weighted by Gasteiger charge is 2.69. The van der Waals surface area contributed by atoms with Crippen molar-refractivity contribution in [3.8, 4) is 6.07 Å². The lowest BCUT2D eigenvalue weighted by molar-refractivity contribution is -0.235. The molecule has 0 bridgehead atoms. The summed E-state index contributed by atoms with van der Waals surface area (Å²) < 4.78 is 22.0. The van der Waals surface area contributed by atoms with E-state index in [0.29, 0.717) is 75.0 Å². The molecule has 8 heteroatoms. The molecule has 12 atom stereocenters. The molecule has 0 radical (unpaired) electrons. The molecular weight excluding hydrogens is 592 g/mol. The minimum absolute atomic E-state index is 0.0275. The van der Waals surface area contributed by atoms with Gasteiger partial charge in [0, 0.05) is 27.6 Å². The van der Waals surface area contributed by atoms with E-state index in [4.69, 9.17) is 27.4 Å². The number of ether oxygens (including phenoxy) is 3. The Balaban J connectivity index is 1.49. The Morgan fingerprint density at radius 2 is 1.60 bits per heavy atom. The Morgan fingerprint density at radius 1 is 0.881 bits per heavy atom. The van der Waals surface area contributed by atoms with Crippen LogP contribution in [0.2, 0.25) is 0 Å². The molecule has 7 nitrogen and oxygen atoms in total. The molecule has 5 rings (SSSR count). The molecule has 5 fully saturated rings. The third kappa shape index (κ3) is 5.45. The summed E-state index contributed by atoms with van der Waals surface area (Å²) in [5.74, 6) is 2.52. The predicted octanol–water partition coefficient (Wildman–Crippen LogP) is 7.18. The fourth-order valence-corrected chi connectivity index (χ4v) is 11.9. The molecule has 0 amide bonds. The average molecular weight is 644 g/mol. The van der Waals surface area contributed by atoms with Crippen LogP contribution in [0.3, 0.4) is 0 Å². The quantitative estimate of drug-likeness (QED) is 0.136. The largest absolute Gasteiger partial charge is 0.377 e. The first-order chi connectivity index (χ1) is 20.1. The third-order valence-electron chi connectivity index (χ3n) is 13.3. The maximum atomic E-state index is 9.34. The summed E-state index contributed by atoms with van der Waals surface area (Å²) in [7, 11) is 2.17. The van der Waals surface area contributed by atoms with Gasteiger partial charge in [0.2, 0.25) is 13.1 Å². The lowest BCUT2D eigenvalue weighted by atomic mass is 9.41. The number of rotatable bonds is 11. The van der Waals surface area contributed by atoms with Crippen molar-refractivity contribution in [1.29, 1.82) is 5.26 Å². The van der Waals surface area contributed by atoms with Gasteiger partial charge in [0.25, 0.3) is 0 Å². The molecule has 5 aliphatic carbocycles. The van der Waals surface area contributed by atoms with Gasteiger partial charge in [0.1, 0.15) is 13.2 Å². The second kappa shape index (κ2) is 13.0. The van der Waals surface area contributed by atoms with Crippen LogP contribution < -0.4 is 0 Å². The molecule has 42 heavy (non-hydrogen) atoms. The number of nitrogens with zero attached hydrogens (tertiary/aromatic N) is 4. The van der Waals surface area contributed by atoms with Gasteiger partial charge < -0.3 is 23.9 Å². The third-order valence-corrected chi connectivity index (χ3v) is 13.7. The van der Waals surface area contributed by atoms with Crippen molar-refractivity contribution < 1.29 is 14.2 Å². The number of hydrogen-bond acceptors (Lipinski definition) is 5. The number of fused-ring (bicyclic) bond motifs is 5. The summed E-state index contributed by atoms with van der Waals surface area (Å²) >= 11 is 3.81. The van der Waals surface area contributed by atoms with Crippen LogP contribution in [0.1, 0.15) is 85.0 Å². The van der Waals surface area contributed by atoms with Crippen molar-refractivity contribution in [2.24, 2.45) is 45.8 Å². The average Bonchev–Trinajstić information content (AvgIpc) is 3.31. The summed E-state index contributed by atoms with van der Waals surface area (Å²) in [6, 6.07) is 2.83. The van der Waals surface area contributed by atoms with Crippen LogP contribution in [0.4, 0.5) is 0 Å². The monoisotopic (exact) mass is 642 g/mol. The van der Waals surface area contributed by atoms with E-state index < -0.39 is 0 Å². The summed E-state index contributed by atoms with van der Waals surface area (Å²) in [5.41, 5.74) is 0.452. The van der Waals surface area contributed by atoms with E-state index in [2.05, 4.69) is 63.7 Å². The highest BCUT2D eigenvalue weighted by molar-refractivity contribution is 9.07. The summed E-state index contributed by atoms with van der Waals surface area (Å²) in [6.45, 7) is 24.6. The van der Waals surface area contributed by atoms with Crippen LogP contribution in [0.25, 0.3) is 9.69 Å². The molecule has 0 aromatic heterocycles. The van der Waals surface area contributed by atoms with Gasteiger partial charge in [0.05, 0.1) is 37.4 Å². The van der Waals surface area contributed by atoms with Gasteiger partial charge in [-0.1, -0.05) is 20.8 Å². The van der Waals surface area contributed by atoms with E-state index in [-0.39, 0.29) is 34.6 Å². The summed E-state index contributed by atoms with van der Waals surface area (Å²) in [5, 5.41) is 9.34. The molecule has 4 unspecified atom stereocenters. The van der Waals surface area contributed by atoms with Crippen molar-refractivity contribution in [2.75, 3.05) is 40.0 Å². The predicted molar refractivity (Wildman–Crippen MR) is 166 cm³/mol. The second-order valence-corrected chi connectivity index (χ2v) is 15.9. The Kier molecular flexibility index (Phi) is 9.99. The first-order valence-electron chi connectivity index (χ1n) is 16.4. The van der Waals surface area contributed by atoms with Gasteiger partial charge in [-0.25, -0.2) is 17.1 Å². The zero-order valence-corrected chi connectivity index (χ0v) is 27.8. The maximum Gasteiger partial charge on any atom is 0.237 e. The maximum absolute atomic E-state index is 9.34. The van der Waals surface area contributed by atoms with Crippen molar-refractivity contribution in [2.45, 2.75) is 109 Å². The summed E-state index contributed by atoms with van der Waals surface area (Å²) in [6.07, 6.45) is 11.1. The standard InChI is InChI=1S/C34H51BrN4O3/c1-32-12-10-24(40-18-15-37-4)20-23(32)21-27(41-17-7-14-36)31-25-8-9-28(33(2)13-11-29(33)39(6)35)34(25,3)30(22-26(31)32)42-19-16-38-5/h23-31H,7-13,15-22H2,1-3,6H3/t23?,24-,25+,26+,27?,28-,29?,30+,31?,32+,33-,34+/m1/s1. The van der Waals surface area contributed by atoms with Crippen molar-refractivity contribution in [3.63, 3.8) is 0 Å². The van der Waals surface area contributed by atoms with Crippen LogP contribution in [0.15, 0.2) is 0 Å². The minimum atomic E-state index is 0.0275. The second-order valence-electron chi connectivity index (χ2n) is 14.8. The van der Waals surface area contributed by atoms with Gasteiger partial charge in [-0.3, -0.25) is 0 Å². The minimum Gasteiger partial charge on any atom is -0.377 e. The number of hydrogen-bond donors (Lipinski definition) is 0. The molecule has 232 valence electrons. The van der Waals surface area contributed by atoms with E-state index in [0.717, 1.165) is 32.1 Å². The molecule has 5 saturated carbocycles. The molecule has 0 spiro atoms. The van der Waals surface area contributed by atoms with E-state index in [1.54, 1.807) is 0 Å². The lowest BCUT2D eigenvalue weighted by Gasteiger charge is -2.66. The molecular formula is C34H51BrN4O3. The van der Waals surface area contributed by atoms with Crippen molar-refractivity contribution in [1.82, 2.24) is 3.93 Å². The SMILES string of the molecule is [C-]#[N+]CCO[C@@H]1CC[C@@]2(C)C(CC(OCCC#N)C3[C@@H]4CC[C@H]([C@@]5(C)CCC5N(C)Br)[C@@]4(C)[C@@H](OCC[N+]#[C-])C[C@@H]32)C1. The van der Waals surface area contributed by atoms with Gasteiger partial charge in [-0.15, -0.1) is 0 Å². The first-order valence-corrected chi connectivity index (χ1v) is 17.1. The topological polar surface area (TPSA) is 63.4 Å². The van der Waals surface area contributed by atoms with Crippen LogP contribution >= 0.6 is 16.1 Å². The molecule has 0 aromatic rings. The number of halogens is 1. The molecule has 5 aliphatic rings. The van der Waals surface area contributed by atoms with Crippen LogP contribution in [-0.2, 0) is 14.2 Å². The fourth-order valence-electron chi connectivity index (χ4n) is 11.2. The zero-order valence-electron chi connectivity index (χ0n) is 26.2. The molecule has 0 aromatic carbocycles. The van der Waals surface area contributed by atoms with Gasteiger partial charge in [-0.2, -0.15) is 5.26 Å². The van der Waals surface area contributed by atoms with Gasteiger partial charge >= 0.3 is 0 Å². The van der Waals surface area contributed by atoms with E-state index in [1.807, 2.05) is 0 Å². The Labute approximate surface area is 263 Å². The van der Waals surface area contributed by atoms with Gasteiger partial charge in [0.15, 0.2) is 0 Å². The first kappa shape index (κ1) is 32.2. The highest BCUT2D eigenvalue weighted by atomic mass is 79.9. The Bertz CT molecular complexity index is 1080. The van der Waals surface area contributed by atoms with Crippen LogP contribution in [0, 0.1) is 70.3 Å². The van der Waals surface area contributed by atoms with Crippen LogP contribution in [-0.4, -0.2) is 68.2 Å². The smallest absolute Gasteiger partial charge is 0.237 e. The molecule has 0 aliphatic heterocycles. The summed E-state index contributed by atoms with van der Waals surface area (Å²) in [4.78, 5) is 7.13. The van der Waals surface area contributed by atoms with E-state index in [1.165, 1.54) is 25.7 Å². The lowest BCUT2D eigenvalue weighted by Crippen LogP contribution is -2.65. The molecule has 0 N–H and O–H groups in total. The van der Waals surface area contributed by atoms with Crippen LogP contribution in [0.5, 0.6) is 0 Å². The molecule has 0 heterocycles. The fraction of sp³-hybridized carbons (Fsp3) is 0.912. The molecule has 0 saturated heterocycles. The zero-order chi connectivity index (χ0) is 30.1. The highest BCUT2D eigenvalue weighted by Crippen LogP contribution is 2.72. The Hall–Kier alpha value is -1.21. The Morgan fingerprint density at radius 3 is 2.24 bits per heavy atom. The van der Waals surface area contributed by atoms with Crippen molar-refractivity contribution in [3.05, 3.63) is 22.8 Å². The van der Waals surface area contributed by atoms with Crippen molar-refractivity contribution >= 4 is 16.1 Å².